The fraction of sp³-hybridized carbons (Fsp3) is 0.500. The van der Waals surface area contributed by atoms with Gasteiger partial charge in [0.2, 0.25) is 0 Å². The molecule has 1 aromatic rings. The smallest absolute Gasteiger partial charge is 0.264 e. The number of anilines is 1. The van der Waals surface area contributed by atoms with E-state index in [1.807, 2.05) is 32.2 Å². The van der Waals surface area contributed by atoms with Gasteiger partial charge in [0, 0.05) is 26.2 Å². The highest BCUT2D eigenvalue weighted by Crippen LogP contribution is 2.32. The van der Waals surface area contributed by atoms with Gasteiger partial charge in [-0.15, -0.1) is 0 Å². The maximum Gasteiger partial charge on any atom is 0.264 e. The number of rotatable bonds is 4. The molecular weight excluding hydrogens is 242 g/mol. The molecule has 0 bridgehead atoms. The number of amides is 1. The Morgan fingerprint density at radius 2 is 2.26 bits per heavy atom. The van der Waals surface area contributed by atoms with Gasteiger partial charge in [0.1, 0.15) is 5.75 Å². The Hall–Kier alpha value is -1.59. The normalized spacial score (nSPS) is 16.3. The fourth-order valence-corrected chi connectivity index (χ4v) is 2.28. The number of benzene rings is 1. The zero-order chi connectivity index (χ0) is 14.0. The van der Waals surface area contributed by atoms with Crippen LogP contribution in [0.1, 0.15) is 12.5 Å². The highest BCUT2D eigenvalue weighted by atomic mass is 16.5. The Bertz CT molecular complexity index is 474. The van der Waals surface area contributed by atoms with Crippen LogP contribution in [0.15, 0.2) is 18.2 Å². The highest BCUT2D eigenvalue weighted by Gasteiger charge is 2.22. The van der Waals surface area contributed by atoms with Crippen LogP contribution in [0.4, 0.5) is 5.69 Å². The van der Waals surface area contributed by atoms with Crippen LogP contribution >= 0.6 is 0 Å². The Balaban J connectivity index is 2.14. The molecule has 0 saturated heterocycles. The molecule has 1 unspecified atom stereocenters. The first-order chi connectivity index (χ1) is 8.97. The van der Waals surface area contributed by atoms with Gasteiger partial charge in [-0.25, -0.2) is 0 Å². The number of ether oxygens (including phenoxy) is 1. The lowest BCUT2D eigenvalue weighted by Crippen LogP contribution is -2.35. The first kappa shape index (κ1) is 13.8. The van der Waals surface area contributed by atoms with Crippen LogP contribution in [0.5, 0.6) is 5.75 Å². The molecule has 1 aliphatic rings. The minimum absolute atomic E-state index is 0.0198. The van der Waals surface area contributed by atoms with E-state index in [4.69, 9.17) is 10.5 Å². The molecule has 0 radical (unpaired) electrons. The average Bonchev–Trinajstić information content (AvgIpc) is 2.33. The van der Waals surface area contributed by atoms with Crippen molar-refractivity contribution in [1.82, 2.24) is 4.90 Å². The molecule has 5 nitrogen and oxygen atoms in total. The number of hydrogen-bond acceptors (Lipinski definition) is 4. The first-order valence-corrected chi connectivity index (χ1v) is 6.44. The predicted molar refractivity (Wildman–Crippen MR) is 75.3 cm³/mol. The van der Waals surface area contributed by atoms with E-state index >= 15 is 0 Å². The van der Waals surface area contributed by atoms with Gasteiger partial charge < -0.3 is 20.3 Å². The SMILES string of the molecule is CC(N)CN(C)Cc1ccc2c(c1)N(C)C(=O)CO2. The van der Waals surface area contributed by atoms with Crippen LogP contribution in [0.25, 0.3) is 0 Å². The van der Waals surface area contributed by atoms with Crippen molar-refractivity contribution in [2.45, 2.75) is 19.5 Å². The van der Waals surface area contributed by atoms with Crippen molar-refractivity contribution in [3.05, 3.63) is 23.8 Å². The van der Waals surface area contributed by atoms with Gasteiger partial charge in [0.05, 0.1) is 5.69 Å². The molecule has 1 atom stereocenters. The van der Waals surface area contributed by atoms with Crippen LogP contribution < -0.4 is 15.4 Å². The summed E-state index contributed by atoms with van der Waals surface area (Å²) in [5, 5.41) is 0. The Labute approximate surface area is 113 Å². The monoisotopic (exact) mass is 263 g/mol. The van der Waals surface area contributed by atoms with Gasteiger partial charge >= 0.3 is 0 Å². The van der Waals surface area contributed by atoms with Gasteiger partial charge in [-0.2, -0.15) is 0 Å². The summed E-state index contributed by atoms with van der Waals surface area (Å²) in [6.45, 7) is 3.75. The summed E-state index contributed by atoms with van der Waals surface area (Å²) in [5.74, 6) is 0.745. The molecule has 19 heavy (non-hydrogen) atoms. The predicted octanol–water partition coefficient (Wildman–Crippen LogP) is 0.821. The number of hydrogen-bond donors (Lipinski definition) is 1. The summed E-state index contributed by atoms with van der Waals surface area (Å²) in [7, 11) is 3.81. The number of fused-ring (bicyclic) bond motifs is 1. The first-order valence-electron chi connectivity index (χ1n) is 6.44. The third kappa shape index (κ3) is 3.24. The largest absolute Gasteiger partial charge is 0.482 e. The van der Waals surface area contributed by atoms with Crippen LogP contribution in [-0.4, -0.2) is 44.1 Å². The van der Waals surface area contributed by atoms with Crippen molar-refractivity contribution in [2.24, 2.45) is 5.73 Å². The summed E-state index contributed by atoms with van der Waals surface area (Å²) in [5.41, 5.74) is 7.77. The molecular formula is C14H21N3O2. The molecule has 104 valence electrons. The second-order valence-electron chi connectivity index (χ2n) is 5.22. The lowest BCUT2D eigenvalue weighted by molar-refractivity contribution is -0.120. The molecule has 2 N–H and O–H groups in total. The molecule has 0 spiro atoms. The quantitative estimate of drug-likeness (QED) is 0.874. The molecule has 1 heterocycles. The van der Waals surface area contributed by atoms with Crippen LogP contribution in [-0.2, 0) is 11.3 Å². The zero-order valence-corrected chi connectivity index (χ0v) is 11.7. The molecule has 1 aliphatic heterocycles. The minimum atomic E-state index is -0.0198. The highest BCUT2D eigenvalue weighted by molar-refractivity contribution is 5.97. The van der Waals surface area contributed by atoms with E-state index in [0.29, 0.717) is 0 Å². The van der Waals surface area contributed by atoms with Gasteiger partial charge in [0.15, 0.2) is 6.61 Å². The lowest BCUT2D eigenvalue weighted by atomic mass is 10.1. The van der Waals surface area contributed by atoms with E-state index in [-0.39, 0.29) is 18.6 Å². The van der Waals surface area contributed by atoms with Gasteiger partial charge in [-0.05, 0) is 31.7 Å². The molecule has 0 aromatic heterocycles. The minimum Gasteiger partial charge on any atom is -0.482 e. The zero-order valence-electron chi connectivity index (χ0n) is 11.7. The lowest BCUT2D eigenvalue weighted by Gasteiger charge is -2.27. The Morgan fingerprint density at radius 1 is 1.53 bits per heavy atom. The van der Waals surface area contributed by atoms with E-state index in [1.54, 1.807) is 11.9 Å². The molecule has 0 saturated carbocycles. The average molecular weight is 263 g/mol. The van der Waals surface area contributed by atoms with Crippen molar-refractivity contribution >= 4 is 11.6 Å². The molecule has 2 rings (SSSR count). The van der Waals surface area contributed by atoms with Crippen molar-refractivity contribution in [3.63, 3.8) is 0 Å². The number of nitrogens with two attached hydrogens (primary N) is 1. The van der Waals surface area contributed by atoms with Crippen LogP contribution in [0, 0.1) is 0 Å². The third-order valence-electron chi connectivity index (χ3n) is 3.16. The van der Waals surface area contributed by atoms with Crippen molar-refractivity contribution in [3.8, 4) is 5.75 Å². The molecule has 5 heteroatoms. The maximum absolute atomic E-state index is 11.6. The van der Waals surface area contributed by atoms with E-state index in [1.165, 1.54) is 0 Å². The summed E-state index contributed by atoms with van der Waals surface area (Å²) in [6.07, 6.45) is 0. The molecule has 1 amide bonds. The summed E-state index contributed by atoms with van der Waals surface area (Å²) in [4.78, 5) is 15.4. The van der Waals surface area contributed by atoms with Crippen LogP contribution in [0.2, 0.25) is 0 Å². The van der Waals surface area contributed by atoms with Gasteiger partial charge in [-0.1, -0.05) is 6.07 Å². The molecule has 0 aliphatic carbocycles. The number of carbonyl (C=O) groups excluding carboxylic acids is 1. The summed E-state index contributed by atoms with van der Waals surface area (Å²) in [6, 6.07) is 6.10. The maximum atomic E-state index is 11.6. The van der Waals surface area contributed by atoms with Gasteiger partial charge in [-0.3, -0.25) is 4.79 Å². The van der Waals surface area contributed by atoms with Crippen molar-refractivity contribution < 1.29 is 9.53 Å². The molecule has 0 fully saturated rings. The summed E-state index contributed by atoms with van der Waals surface area (Å²) < 4.78 is 5.41. The Morgan fingerprint density at radius 3 is 2.95 bits per heavy atom. The van der Waals surface area contributed by atoms with E-state index in [0.717, 1.165) is 30.1 Å². The third-order valence-corrected chi connectivity index (χ3v) is 3.16. The van der Waals surface area contributed by atoms with Crippen molar-refractivity contribution in [2.75, 3.05) is 32.1 Å². The number of nitrogens with zero attached hydrogens (tertiary/aromatic N) is 2. The van der Waals surface area contributed by atoms with E-state index < -0.39 is 0 Å². The molecule has 1 aromatic carbocycles. The second-order valence-corrected chi connectivity index (χ2v) is 5.22. The van der Waals surface area contributed by atoms with E-state index in [9.17, 15) is 4.79 Å². The second kappa shape index (κ2) is 5.59. The van der Waals surface area contributed by atoms with E-state index in [2.05, 4.69) is 4.90 Å². The standard InChI is InChI=1S/C14H21N3O2/c1-10(15)7-16(2)8-11-4-5-13-12(6-11)17(3)14(18)9-19-13/h4-6,10H,7-9,15H2,1-3H3. The van der Waals surface area contributed by atoms with Gasteiger partial charge in [0.25, 0.3) is 5.91 Å². The Kier molecular flexibility index (Phi) is 4.07. The topological polar surface area (TPSA) is 58.8 Å². The number of likely N-dealkylation sites (N-methyl/N-ethyl adjacent to an activating group) is 2. The van der Waals surface area contributed by atoms with Crippen molar-refractivity contribution in [1.29, 1.82) is 0 Å². The van der Waals surface area contributed by atoms with Crippen LogP contribution in [0.3, 0.4) is 0 Å². The number of carbonyl (C=O) groups is 1. The summed E-state index contributed by atoms with van der Waals surface area (Å²) >= 11 is 0. The fourth-order valence-electron chi connectivity index (χ4n) is 2.28.